The van der Waals surface area contributed by atoms with Gasteiger partial charge in [0.05, 0.1) is 65.7 Å². The average molecular weight is 1480 g/mol. The number of nitrogens with zero attached hydrogens (tertiary/aromatic N) is 4. The molecule has 2 aliphatic carbocycles. The normalized spacial score (nSPS) is 13.3. The molecule has 0 saturated heterocycles. The number of aromatic nitrogens is 4. The molecule has 0 unspecified atom stereocenters. The highest BCUT2D eigenvalue weighted by Crippen LogP contribution is 2.59. The third-order valence-electron chi connectivity index (χ3n) is 25.6. The second-order valence-electron chi connectivity index (χ2n) is 31.2. The molecule has 0 aliphatic heterocycles. The van der Waals surface area contributed by atoms with Crippen LogP contribution in [0.4, 0.5) is 0 Å². The Labute approximate surface area is 666 Å². The van der Waals surface area contributed by atoms with Gasteiger partial charge in [-0.05, 0) is 188 Å². The second kappa shape index (κ2) is 24.6. The van der Waals surface area contributed by atoms with Crippen molar-refractivity contribution in [2.45, 2.75) is 10.8 Å². The Bertz CT molecular complexity index is 8100. The second-order valence-corrected chi connectivity index (χ2v) is 31.2. The van der Waals surface area contributed by atoms with Crippen molar-refractivity contribution < 1.29 is 8.83 Å². The maximum Gasteiger partial charge on any atom is 0.137 e. The van der Waals surface area contributed by atoms with Crippen molar-refractivity contribution in [3.63, 3.8) is 0 Å². The van der Waals surface area contributed by atoms with Crippen LogP contribution in [0.3, 0.4) is 0 Å². The molecule has 6 aromatic heterocycles. The summed E-state index contributed by atoms with van der Waals surface area (Å²) in [5.41, 5.74) is 32.0. The van der Waals surface area contributed by atoms with Gasteiger partial charge in [0.15, 0.2) is 0 Å². The van der Waals surface area contributed by atoms with Crippen LogP contribution in [-0.4, -0.2) is 18.3 Å². The van der Waals surface area contributed by atoms with Crippen LogP contribution >= 0.6 is 0 Å². The van der Waals surface area contributed by atoms with Crippen molar-refractivity contribution in [2.24, 2.45) is 0 Å². The lowest BCUT2D eigenvalue weighted by Gasteiger charge is -2.34. The summed E-state index contributed by atoms with van der Waals surface area (Å²) in [4.78, 5) is 0. The van der Waals surface area contributed by atoms with Crippen LogP contribution in [0.1, 0.15) is 44.5 Å². The van der Waals surface area contributed by atoms with Crippen molar-refractivity contribution in [2.75, 3.05) is 0 Å². The molecule has 0 amide bonds. The van der Waals surface area contributed by atoms with Gasteiger partial charge in [0.2, 0.25) is 0 Å². The first-order valence-electron chi connectivity index (χ1n) is 40.0. The highest BCUT2D eigenvalue weighted by Gasteiger charge is 2.48. The van der Waals surface area contributed by atoms with Crippen LogP contribution in [0.5, 0.6) is 0 Å². The van der Waals surface area contributed by atoms with E-state index in [2.05, 4.69) is 419 Å². The molecule has 0 spiro atoms. The van der Waals surface area contributed by atoms with Crippen LogP contribution in [0.15, 0.2) is 421 Å². The van der Waals surface area contributed by atoms with Crippen molar-refractivity contribution in [1.82, 2.24) is 18.3 Å². The van der Waals surface area contributed by atoms with E-state index in [4.69, 9.17) is 8.83 Å². The summed E-state index contributed by atoms with van der Waals surface area (Å²) < 4.78 is 22.8. The summed E-state index contributed by atoms with van der Waals surface area (Å²) in [6.07, 6.45) is 0. The third-order valence-corrected chi connectivity index (χ3v) is 25.6. The van der Waals surface area contributed by atoms with Crippen LogP contribution in [0.2, 0.25) is 0 Å². The van der Waals surface area contributed by atoms with Gasteiger partial charge in [-0.15, -0.1) is 0 Å². The zero-order valence-corrected chi connectivity index (χ0v) is 62.9. The Morgan fingerprint density at radius 2 is 0.491 bits per heavy atom. The fourth-order valence-electron chi connectivity index (χ4n) is 20.9. The predicted molar refractivity (Wildman–Crippen MR) is 479 cm³/mol. The quantitative estimate of drug-likeness (QED) is 0.152. The van der Waals surface area contributed by atoms with Gasteiger partial charge in [-0.1, -0.05) is 291 Å². The molecular weight excluding hydrogens is 1410 g/mol. The zero-order chi connectivity index (χ0) is 75.9. The molecule has 2 aliphatic rings. The Balaban J connectivity index is 0.000000130. The molecular formula is C110H68N4O2. The zero-order valence-electron chi connectivity index (χ0n) is 62.9. The SMILES string of the molecule is c1ccc(-n2c3cc4c(cc3c3ccc5oc6ccccc6c5c32)c2ccccc2n4-c2ccc(C3(c4ccccc4)c4ccccc4-c4ccccc43)cc2)cc1.c1ccc(-n2c3cc4c(cc3c3ccc5oc6ccccc6c5c32)c2ccccc2n4-c2ccc3c(c2)C(c2ccccc2)(c2ccccc2)c2ccccc2-3)cc1. The van der Waals surface area contributed by atoms with E-state index < -0.39 is 10.8 Å². The van der Waals surface area contributed by atoms with E-state index >= 15 is 0 Å². The lowest BCUT2D eigenvalue weighted by atomic mass is 9.67. The highest BCUT2D eigenvalue weighted by atomic mass is 16.3. The van der Waals surface area contributed by atoms with Gasteiger partial charge < -0.3 is 27.1 Å². The molecule has 26 rings (SSSR count). The largest absolute Gasteiger partial charge is 0.456 e. The van der Waals surface area contributed by atoms with Crippen LogP contribution < -0.4 is 0 Å². The molecule has 6 nitrogen and oxygen atoms in total. The van der Waals surface area contributed by atoms with E-state index in [0.717, 1.165) is 83.2 Å². The Morgan fingerprint density at radius 3 is 0.940 bits per heavy atom. The molecule has 540 valence electrons. The summed E-state index contributed by atoms with van der Waals surface area (Å²) in [6, 6.07) is 151. The van der Waals surface area contributed by atoms with Crippen molar-refractivity contribution in [3.8, 4) is 45.0 Å². The van der Waals surface area contributed by atoms with Crippen molar-refractivity contribution in [3.05, 3.63) is 457 Å². The first-order valence-corrected chi connectivity index (χ1v) is 40.0. The Kier molecular flexibility index (Phi) is 13.7. The summed E-state index contributed by atoms with van der Waals surface area (Å²) in [5.74, 6) is 0. The van der Waals surface area contributed by atoms with Crippen LogP contribution in [0, 0.1) is 0 Å². The number of rotatable bonds is 8. The number of para-hydroxylation sites is 6. The lowest BCUT2D eigenvalue weighted by Crippen LogP contribution is -2.28. The van der Waals surface area contributed by atoms with Crippen LogP contribution in [-0.2, 0) is 10.8 Å². The molecule has 0 radical (unpaired) electrons. The standard InChI is InChI=1S/2C55H34N2O/c1-4-16-35(17-5-1)55(36-18-6-2-7-19-36)46-25-13-10-22-39(46)40-29-28-38(32-47(40)55)56-48-26-14-11-23-41(48)44-33-45-42-30-31-52-53(43-24-12-15-27-51(43)58-52)54(42)57(50(45)34-49(44)56)37-20-8-3-9-21-37;1-3-15-35(16-4-1)55(46-23-11-7-19-39(46)40-20-8-12-24-47(40)55)36-27-29-38(30-28-36)56-48-25-13-9-21-41(48)44-33-45-42-31-32-52-53(43-22-10-14-26-51(43)58-52)54(42)57(50(45)34-49(44)56)37-17-5-2-6-18-37/h2*1-34H. The first-order chi connectivity index (χ1) is 57.6. The molecule has 6 heteroatoms. The topological polar surface area (TPSA) is 46.0 Å². The Morgan fingerprint density at radius 1 is 0.172 bits per heavy atom. The number of fused-ring (bicyclic) bond motifs is 26. The van der Waals surface area contributed by atoms with Gasteiger partial charge in [-0.25, -0.2) is 0 Å². The summed E-state index contributed by atoms with van der Waals surface area (Å²) in [7, 11) is 0. The molecule has 116 heavy (non-hydrogen) atoms. The minimum absolute atomic E-state index is 0.445. The monoisotopic (exact) mass is 1480 g/mol. The van der Waals surface area contributed by atoms with Crippen LogP contribution in [0.25, 0.3) is 176 Å². The summed E-state index contributed by atoms with van der Waals surface area (Å²) >= 11 is 0. The fourth-order valence-corrected chi connectivity index (χ4v) is 20.9. The smallest absolute Gasteiger partial charge is 0.137 e. The van der Waals surface area contributed by atoms with Gasteiger partial charge in [0.1, 0.15) is 22.3 Å². The number of hydrogen-bond donors (Lipinski definition) is 0. The molecule has 0 bridgehead atoms. The molecule has 0 saturated carbocycles. The van der Waals surface area contributed by atoms with Gasteiger partial charge in [0, 0.05) is 76.6 Å². The highest BCUT2D eigenvalue weighted by molar-refractivity contribution is 6.29. The number of benzene rings is 18. The van der Waals surface area contributed by atoms with E-state index in [9.17, 15) is 0 Å². The predicted octanol–water partition coefficient (Wildman–Crippen LogP) is 28.3. The summed E-state index contributed by atoms with van der Waals surface area (Å²) in [6.45, 7) is 0. The van der Waals surface area contributed by atoms with Crippen molar-refractivity contribution in [1.29, 1.82) is 0 Å². The Hall–Kier alpha value is -15.2. The van der Waals surface area contributed by atoms with E-state index in [1.807, 2.05) is 12.1 Å². The van der Waals surface area contributed by atoms with E-state index in [-0.39, 0.29) is 0 Å². The maximum atomic E-state index is 6.47. The van der Waals surface area contributed by atoms with E-state index in [1.54, 1.807) is 0 Å². The fraction of sp³-hybridized carbons (Fsp3) is 0.0182. The molecule has 0 fully saturated rings. The maximum absolute atomic E-state index is 6.47. The molecule has 18 aromatic carbocycles. The minimum atomic E-state index is -0.491. The molecule has 0 N–H and O–H groups in total. The molecule has 0 atom stereocenters. The average Bonchev–Trinajstić information content (AvgIpc) is 1.55. The third kappa shape index (κ3) is 8.84. The first kappa shape index (κ1) is 64.4. The number of furan rings is 2. The minimum Gasteiger partial charge on any atom is -0.456 e. The van der Waals surface area contributed by atoms with E-state index in [1.165, 1.54) is 137 Å². The van der Waals surface area contributed by atoms with Gasteiger partial charge in [0.25, 0.3) is 0 Å². The van der Waals surface area contributed by atoms with Gasteiger partial charge in [-0.3, -0.25) is 0 Å². The van der Waals surface area contributed by atoms with Gasteiger partial charge >= 0.3 is 0 Å². The lowest BCUT2D eigenvalue weighted by molar-refractivity contribution is 0.669. The van der Waals surface area contributed by atoms with Gasteiger partial charge in [-0.2, -0.15) is 0 Å². The van der Waals surface area contributed by atoms with Crippen molar-refractivity contribution >= 4 is 131 Å². The molecule has 24 aromatic rings. The summed E-state index contributed by atoms with van der Waals surface area (Å²) in [5, 5.41) is 14.3. The van der Waals surface area contributed by atoms with E-state index in [0.29, 0.717) is 0 Å². The number of hydrogen-bond acceptors (Lipinski definition) is 2. The molecule has 6 heterocycles.